The van der Waals surface area contributed by atoms with Gasteiger partial charge in [0.2, 0.25) is 0 Å². The van der Waals surface area contributed by atoms with E-state index >= 15 is 0 Å². The Bertz CT molecular complexity index is 158. The van der Waals surface area contributed by atoms with Gasteiger partial charge in [0.15, 0.2) is 0 Å². The van der Waals surface area contributed by atoms with Gasteiger partial charge in [-0.05, 0) is 0 Å². The number of rotatable bonds is 3. The van der Waals surface area contributed by atoms with Gasteiger partial charge in [-0.15, -0.1) is 11.8 Å². The Morgan fingerprint density at radius 3 is 2.18 bits per heavy atom. The molecular formula is C5H13O4PS. The molecule has 68 valence electrons. The largest absolute Gasteiger partial charge is 0.470 e. The lowest BCUT2D eigenvalue weighted by Crippen LogP contribution is -2.08. The van der Waals surface area contributed by atoms with E-state index in [4.69, 9.17) is 9.79 Å². The van der Waals surface area contributed by atoms with E-state index in [1.54, 1.807) is 0 Å². The van der Waals surface area contributed by atoms with E-state index in [0.29, 0.717) is 0 Å². The number of phosphoric ester groups is 1. The van der Waals surface area contributed by atoms with Crippen molar-refractivity contribution in [2.24, 2.45) is 0 Å². The molecule has 0 spiro atoms. The highest BCUT2D eigenvalue weighted by molar-refractivity contribution is 8.00. The van der Waals surface area contributed by atoms with Crippen molar-refractivity contribution in [3.05, 3.63) is 0 Å². The number of thioether (sulfide) groups is 1. The van der Waals surface area contributed by atoms with Gasteiger partial charge in [-0.3, -0.25) is 4.52 Å². The SMILES string of the molecule is CC(C)(C)SCOP(=O)(O)O. The summed E-state index contributed by atoms with van der Waals surface area (Å²) in [6.45, 7) is 5.84. The molecule has 0 atom stereocenters. The van der Waals surface area contributed by atoms with Gasteiger partial charge in [0.1, 0.15) is 5.94 Å². The summed E-state index contributed by atoms with van der Waals surface area (Å²) in [5, 5.41) is 0. The van der Waals surface area contributed by atoms with Gasteiger partial charge in [-0.2, -0.15) is 0 Å². The Morgan fingerprint density at radius 2 is 1.91 bits per heavy atom. The zero-order valence-electron chi connectivity index (χ0n) is 6.77. The standard InChI is InChI=1S/C5H13O4PS/c1-5(2,3)11-4-9-10(6,7)8/h4H2,1-3H3,(H2,6,7,8). The molecule has 0 unspecified atom stereocenters. The van der Waals surface area contributed by atoms with Gasteiger partial charge in [-0.25, -0.2) is 4.57 Å². The molecule has 0 aliphatic heterocycles. The molecule has 0 aromatic heterocycles. The van der Waals surface area contributed by atoms with Gasteiger partial charge < -0.3 is 9.79 Å². The van der Waals surface area contributed by atoms with E-state index in [1.165, 1.54) is 11.8 Å². The lowest BCUT2D eigenvalue weighted by molar-refractivity contribution is 0.227. The van der Waals surface area contributed by atoms with Gasteiger partial charge in [0, 0.05) is 4.75 Å². The highest BCUT2D eigenvalue weighted by Crippen LogP contribution is 2.38. The normalized spacial score (nSPS) is 13.5. The topological polar surface area (TPSA) is 66.8 Å². The molecule has 6 heteroatoms. The molecule has 0 aliphatic carbocycles. The zero-order valence-corrected chi connectivity index (χ0v) is 8.48. The maximum absolute atomic E-state index is 10.2. The summed E-state index contributed by atoms with van der Waals surface area (Å²) in [6.07, 6.45) is 0. The van der Waals surface area contributed by atoms with Crippen molar-refractivity contribution in [1.82, 2.24) is 0 Å². The third kappa shape index (κ3) is 10.5. The zero-order chi connectivity index (χ0) is 9.12. The first-order chi connectivity index (χ1) is 4.71. The fourth-order valence-electron chi connectivity index (χ4n) is 0.272. The van der Waals surface area contributed by atoms with Crippen molar-refractivity contribution in [2.45, 2.75) is 25.5 Å². The average Bonchev–Trinajstić information content (AvgIpc) is 1.55. The van der Waals surface area contributed by atoms with Crippen molar-refractivity contribution in [3.63, 3.8) is 0 Å². The highest BCUT2D eigenvalue weighted by atomic mass is 32.2. The molecule has 0 saturated carbocycles. The second-order valence-corrected chi connectivity index (χ2v) is 5.98. The van der Waals surface area contributed by atoms with Crippen LogP contribution in [-0.2, 0) is 9.09 Å². The fraction of sp³-hybridized carbons (Fsp3) is 1.00. The molecule has 0 amide bonds. The van der Waals surface area contributed by atoms with Crippen LogP contribution >= 0.6 is 19.6 Å². The highest BCUT2D eigenvalue weighted by Gasteiger charge is 2.16. The van der Waals surface area contributed by atoms with Crippen molar-refractivity contribution < 1.29 is 18.9 Å². The number of phosphoric acid groups is 1. The molecule has 0 aliphatic rings. The first-order valence-electron chi connectivity index (χ1n) is 3.05. The molecule has 0 fully saturated rings. The smallest absolute Gasteiger partial charge is 0.303 e. The minimum Gasteiger partial charge on any atom is -0.303 e. The van der Waals surface area contributed by atoms with E-state index in [1.807, 2.05) is 20.8 Å². The van der Waals surface area contributed by atoms with Crippen molar-refractivity contribution in [2.75, 3.05) is 5.94 Å². The molecule has 0 aromatic rings. The Morgan fingerprint density at radius 1 is 1.45 bits per heavy atom. The lowest BCUT2D eigenvalue weighted by Gasteiger charge is -2.17. The van der Waals surface area contributed by atoms with Crippen LogP contribution in [0, 0.1) is 0 Å². The summed E-state index contributed by atoms with van der Waals surface area (Å²) >= 11 is 1.35. The molecule has 0 heterocycles. The minimum absolute atomic E-state index is 0.0216. The molecule has 4 nitrogen and oxygen atoms in total. The molecule has 0 bridgehead atoms. The summed E-state index contributed by atoms with van der Waals surface area (Å²) < 4.78 is 14.4. The Labute approximate surface area is 70.6 Å². The summed E-state index contributed by atoms with van der Waals surface area (Å²) in [6, 6.07) is 0. The monoisotopic (exact) mass is 200 g/mol. The predicted molar refractivity (Wildman–Crippen MR) is 45.3 cm³/mol. The van der Waals surface area contributed by atoms with Crippen molar-refractivity contribution in [3.8, 4) is 0 Å². The summed E-state index contributed by atoms with van der Waals surface area (Å²) in [4.78, 5) is 16.6. The van der Waals surface area contributed by atoms with Crippen LogP contribution in [0.5, 0.6) is 0 Å². The quantitative estimate of drug-likeness (QED) is 0.534. The minimum atomic E-state index is -4.27. The Hall–Kier alpha value is 0.460. The van der Waals surface area contributed by atoms with Crippen molar-refractivity contribution >= 4 is 19.6 Å². The van der Waals surface area contributed by atoms with Gasteiger partial charge in [0.05, 0.1) is 0 Å². The first kappa shape index (κ1) is 11.5. The maximum Gasteiger partial charge on any atom is 0.470 e. The number of hydrogen-bond donors (Lipinski definition) is 2. The predicted octanol–water partition coefficient (Wildman–Crippen LogP) is 1.58. The molecule has 0 rings (SSSR count). The molecule has 0 saturated heterocycles. The van der Waals surface area contributed by atoms with Crippen LogP contribution < -0.4 is 0 Å². The molecule has 2 N–H and O–H groups in total. The third-order valence-electron chi connectivity index (χ3n) is 0.713. The van der Waals surface area contributed by atoms with E-state index in [0.717, 1.165) is 0 Å². The summed E-state index contributed by atoms with van der Waals surface area (Å²) in [7, 11) is -4.27. The van der Waals surface area contributed by atoms with Crippen LogP contribution in [0.4, 0.5) is 0 Å². The van der Waals surface area contributed by atoms with Crippen LogP contribution in [0.15, 0.2) is 0 Å². The number of hydrogen-bond acceptors (Lipinski definition) is 3. The van der Waals surface area contributed by atoms with Crippen LogP contribution in [0.25, 0.3) is 0 Å². The van der Waals surface area contributed by atoms with Gasteiger partial charge in [-0.1, -0.05) is 20.8 Å². The molecule has 11 heavy (non-hydrogen) atoms. The molecule has 0 aromatic carbocycles. The summed E-state index contributed by atoms with van der Waals surface area (Å²) in [5.41, 5.74) is 0. The van der Waals surface area contributed by atoms with Gasteiger partial charge in [0.25, 0.3) is 0 Å². The molecular weight excluding hydrogens is 187 g/mol. The summed E-state index contributed by atoms with van der Waals surface area (Å²) in [5.74, 6) is 0.0216. The Balaban J connectivity index is 3.52. The fourth-order valence-corrected chi connectivity index (χ4v) is 1.39. The second-order valence-electron chi connectivity index (χ2n) is 2.99. The molecule has 0 radical (unpaired) electrons. The van der Waals surface area contributed by atoms with Crippen LogP contribution in [-0.4, -0.2) is 20.5 Å². The van der Waals surface area contributed by atoms with Crippen LogP contribution in [0.1, 0.15) is 20.8 Å². The van der Waals surface area contributed by atoms with Gasteiger partial charge >= 0.3 is 7.82 Å². The second kappa shape index (κ2) is 3.92. The van der Waals surface area contributed by atoms with E-state index in [2.05, 4.69) is 4.52 Å². The Kier molecular flexibility index (Phi) is 4.08. The van der Waals surface area contributed by atoms with Crippen molar-refractivity contribution in [1.29, 1.82) is 0 Å². The third-order valence-corrected chi connectivity index (χ3v) is 2.45. The average molecular weight is 200 g/mol. The van der Waals surface area contributed by atoms with Crippen LogP contribution in [0.3, 0.4) is 0 Å². The first-order valence-corrected chi connectivity index (χ1v) is 5.56. The van der Waals surface area contributed by atoms with E-state index in [9.17, 15) is 4.57 Å². The maximum atomic E-state index is 10.2. The van der Waals surface area contributed by atoms with E-state index < -0.39 is 7.82 Å². The van der Waals surface area contributed by atoms with Crippen LogP contribution in [0.2, 0.25) is 0 Å². The lowest BCUT2D eigenvalue weighted by atomic mass is 10.3. The van der Waals surface area contributed by atoms with E-state index in [-0.39, 0.29) is 10.7 Å².